The summed E-state index contributed by atoms with van der Waals surface area (Å²) < 4.78 is 40.5. The van der Waals surface area contributed by atoms with Gasteiger partial charge in [-0.1, -0.05) is 18.2 Å². The van der Waals surface area contributed by atoms with Crippen LogP contribution in [0.2, 0.25) is 0 Å². The number of ketones is 1. The summed E-state index contributed by atoms with van der Waals surface area (Å²) in [5.74, 6) is 6.06. The molecule has 0 aliphatic carbocycles. The quantitative estimate of drug-likeness (QED) is 0.0340. The molecule has 6 heterocycles. The average molecular weight is 1090 g/mol. The fourth-order valence-corrected chi connectivity index (χ4v) is 9.08. The Morgan fingerprint density at radius 2 is 0.873 bits per heavy atom. The van der Waals surface area contributed by atoms with Crippen LogP contribution < -0.4 is 42.5 Å². The van der Waals surface area contributed by atoms with Gasteiger partial charge in [-0.05, 0) is 103 Å². The van der Waals surface area contributed by atoms with Crippen molar-refractivity contribution in [2.75, 3.05) is 69.9 Å². The number of pyridine rings is 3. The van der Waals surface area contributed by atoms with E-state index in [2.05, 4.69) is 35.2 Å². The van der Waals surface area contributed by atoms with Gasteiger partial charge in [0.05, 0.1) is 69.1 Å². The SMILES string of the molecule is CCOCc1nc2c(N)nc3cccc(OCCCCCC(C)=O)c3c2n1C.CCOCc1nc2c(N)nc3cccc(OCCCN)c3c2n1C.CCOCc1nc2c(N)nc3cccc(OCCCNC(C)=O)c3c2n1C. The summed E-state index contributed by atoms with van der Waals surface area (Å²) in [4.78, 5) is 49.3. The number of carbonyl (C=O) groups is 2. The molecule has 1 amide bonds. The van der Waals surface area contributed by atoms with E-state index in [4.69, 9.17) is 51.4 Å². The Bertz CT molecular complexity index is 3540. The molecular weight excluding hydrogens is 1010 g/mol. The van der Waals surface area contributed by atoms with Gasteiger partial charge in [0.1, 0.15) is 76.9 Å². The predicted molar refractivity (Wildman–Crippen MR) is 310 cm³/mol. The van der Waals surface area contributed by atoms with Crippen LogP contribution >= 0.6 is 0 Å². The number of nitrogen functional groups attached to an aromatic ring is 3. The van der Waals surface area contributed by atoms with E-state index >= 15 is 0 Å². The summed E-state index contributed by atoms with van der Waals surface area (Å²) in [5.41, 5.74) is 31.0. The van der Waals surface area contributed by atoms with Crippen molar-refractivity contribution in [1.29, 1.82) is 0 Å². The number of hydrogen-bond acceptors (Lipinski definition) is 18. The normalized spacial score (nSPS) is 11.4. The summed E-state index contributed by atoms with van der Waals surface area (Å²) in [5, 5.41) is 5.46. The highest BCUT2D eigenvalue weighted by atomic mass is 16.5. The molecule has 0 radical (unpaired) electrons. The van der Waals surface area contributed by atoms with E-state index in [9.17, 15) is 9.59 Å². The number of aryl methyl sites for hydroxylation is 3. The van der Waals surface area contributed by atoms with E-state index in [1.165, 1.54) is 6.92 Å². The molecule has 9 N–H and O–H groups in total. The average Bonchev–Trinajstić information content (AvgIpc) is 4.09. The number of Topliss-reactive ketones (excluding diaryl/α,β-unsaturated/α-hetero) is 1. The number of rotatable bonds is 25. The first kappa shape index (κ1) is 58.8. The summed E-state index contributed by atoms with van der Waals surface area (Å²) >= 11 is 0. The molecule has 0 aliphatic heterocycles. The van der Waals surface area contributed by atoms with Crippen molar-refractivity contribution in [3.63, 3.8) is 0 Å². The Balaban J connectivity index is 0.000000172. The first-order chi connectivity index (χ1) is 38.2. The van der Waals surface area contributed by atoms with Gasteiger partial charge in [-0.15, -0.1) is 0 Å². The molecule has 9 aromatic rings. The molecule has 6 aromatic heterocycles. The number of hydrogen-bond donors (Lipinski definition) is 5. The van der Waals surface area contributed by atoms with Crippen LogP contribution in [0.1, 0.15) is 90.6 Å². The first-order valence-corrected chi connectivity index (χ1v) is 26.9. The standard InChI is InChI=1S/C21H28N4O3.C19H25N5O3.C17H23N5O2/c1-4-27-13-17-24-19-20(25(17)3)18-15(23-21(19)22)10-8-11-16(18)28-12-7-5-6-9-14(2)26;1-4-26-11-15-23-17-18(24(15)3)16-13(22-19(17)20)7-5-8-14(16)27-10-6-9-21-12(2)25;1-3-23-10-13-21-15-16(22(13)2)14-11(20-17(15)19)6-4-7-12(14)24-9-5-8-18/h8,10-11H,4-7,9,12-13H2,1-3H3,(H2,22,23);5,7-8H,4,6,9-11H2,1-3H3,(H2,20,22)(H,21,25);4,6-7H,3,5,8-10,18H2,1-2H3,(H2,19,20). The van der Waals surface area contributed by atoms with Gasteiger partial charge in [0.2, 0.25) is 5.91 Å². The summed E-state index contributed by atoms with van der Waals surface area (Å²) in [7, 11) is 5.86. The van der Waals surface area contributed by atoms with E-state index in [0.29, 0.717) is 119 Å². The Kier molecular flexibility index (Phi) is 20.9. The van der Waals surface area contributed by atoms with Crippen LogP contribution in [-0.2, 0) is 64.8 Å². The maximum atomic E-state index is 11.0. The molecule has 0 fully saturated rings. The van der Waals surface area contributed by atoms with Crippen LogP contribution in [0.4, 0.5) is 17.5 Å². The number of nitrogens with one attached hydrogen (secondary N) is 1. The van der Waals surface area contributed by atoms with Gasteiger partial charge < -0.3 is 75.2 Å². The van der Waals surface area contributed by atoms with Crippen molar-refractivity contribution in [2.45, 2.75) is 93.0 Å². The summed E-state index contributed by atoms with van der Waals surface area (Å²) in [6.45, 7) is 14.9. The first-order valence-electron chi connectivity index (χ1n) is 26.9. The van der Waals surface area contributed by atoms with Crippen LogP contribution in [0.5, 0.6) is 17.2 Å². The molecule has 0 saturated heterocycles. The molecule has 22 heteroatoms. The highest BCUT2D eigenvalue weighted by Gasteiger charge is 2.21. The number of fused-ring (bicyclic) bond motifs is 9. The largest absolute Gasteiger partial charge is 0.493 e. The number of imidazole rings is 3. The van der Waals surface area contributed by atoms with Crippen LogP contribution in [0, 0.1) is 0 Å². The molecular formula is C57H76N14O8. The maximum Gasteiger partial charge on any atom is 0.216 e. The second-order valence-corrected chi connectivity index (χ2v) is 18.7. The Morgan fingerprint density at radius 1 is 0.506 bits per heavy atom. The Labute approximate surface area is 459 Å². The van der Waals surface area contributed by atoms with Gasteiger partial charge in [0.15, 0.2) is 17.5 Å². The molecule has 9 rings (SSSR count). The van der Waals surface area contributed by atoms with E-state index in [-0.39, 0.29) is 11.7 Å². The minimum Gasteiger partial charge on any atom is -0.493 e. The molecule has 79 heavy (non-hydrogen) atoms. The topological polar surface area (TPSA) is 298 Å². The van der Waals surface area contributed by atoms with Crippen LogP contribution in [0.25, 0.3) is 65.8 Å². The lowest BCUT2D eigenvalue weighted by Gasteiger charge is -2.12. The van der Waals surface area contributed by atoms with Gasteiger partial charge in [0, 0.05) is 60.9 Å². The van der Waals surface area contributed by atoms with Crippen LogP contribution in [-0.4, -0.2) is 108 Å². The number of anilines is 3. The zero-order valence-corrected chi connectivity index (χ0v) is 46.8. The number of nitrogens with zero attached hydrogens (tertiary/aromatic N) is 9. The lowest BCUT2D eigenvalue weighted by atomic mass is 10.1. The van der Waals surface area contributed by atoms with Gasteiger partial charge in [0.25, 0.3) is 0 Å². The molecule has 0 saturated carbocycles. The molecule has 0 unspecified atom stereocenters. The minimum absolute atomic E-state index is 0.0433. The number of ether oxygens (including phenoxy) is 6. The van der Waals surface area contributed by atoms with Crippen LogP contribution in [0.15, 0.2) is 54.6 Å². The molecule has 0 bridgehead atoms. The summed E-state index contributed by atoms with van der Waals surface area (Å²) in [6.07, 6.45) is 4.91. The Hall–Kier alpha value is -7.92. The third-order valence-electron chi connectivity index (χ3n) is 13.0. The van der Waals surface area contributed by atoms with Crippen LogP contribution in [0.3, 0.4) is 0 Å². The molecule has 422 valence electrons. The van der Waals surface area contributed by atoms with Crippen molar-refractivity contribution in [1.82, 2.24) is 48.9 Å². The number of nitrogens with two attached hydrogens (primary N) is 4. The zero-order valence-electron chi connectivity index (χ0n) is 46.8. The third kappa shape index (κ3) is 14.0. The third-order valence-corrected chi connectivity index (χ3v) is 13.0. The van der Waals surface area contributed by atoms with Crippen molar-refractivity contribution < 1.29 is 38.0 Å². The molecule has 3 aromatic carbocycles. The fraction of sp³-hybridized carbons (Fsp3) is 0.439. The lowest BCUT2D eigenvalue weighted by Crippen LogP contribution is -2.22. The van der Waals surface area contributed by atoms with Crippen molar-refractivity contribution in [3.8, 4) is 17.2 Å². The second kappa shape index (κ2) is 28.1. The summed E-state index contributed by atoms with van der Waals surface area (Å²) in [6, 6.07) is 17.3. The van der Waals surface area contributed by atoms with Gasteiger partial charge in [-0.3, -0.25) is 4.79 Å². The van der Waals surface area contributed by atoms with Crippen molar-refractivity contribution in [3.05, 3.63) is 72.1 Å². The van der Waals surface area contributed by atoms with Gasteiger partial charge >= 0.3 is 0 Å². The maximum absolute atomic E-state index is 11.0. The fourth-order valence-electron chi connectivity index (χ4n) is 9.08. The van der Waals surface area contributed by atoms with E-state index < -0.39 is 0 Å². The number of unbranched alkanes of at least 4 members (excludes halogenated alkanes) is 2. The number of aromatic nitrogens is 9. The van der Waals surface area contributed by atoms with E-state index in [1.807, 2.05) is 110 Å². The van der Waals surface area contributed by atoms with Gasteiger partial charge in [-0.2, -0.15) is 0 Å². The second-order valence-electron chi connectivity index (χ2n) is 18.7. The van der Waals surface area contributed by atoms with E-state index in [1.54, 1.807) is 6.92 Å². The molecule has 0 spiro atoms. The molecule has 0 aliphatic rings. The number of amides is 1. The highest BCUT2D eigenvalue weighted by molar-refractivity contribution is 6.11. The zero-order chi connectivity index (χ0) is 56.6. The smallest absolute Gasteiger partial charge is 0.216 e. The number of carbonyl (C=O) groups excluding carboxylic acids is 2. The van der Waals surface area contributed by atoms with Crippen molar-refractivity contribution in [2.24, 2.45) is 26.9 Å². The molecule has 0 atom stereocenters. The van der Waals surface area contributed by atoms with E-state index in [0.717, 1.165) is 110 Å². The monoisotopic (exact) mass is 1080 g/mol. The highest BCUT2D eigenvalue weighted by Crippen LogP contribution is 2.37. The van der Waals surface area contributed by atoms with Gasteiger partial charge in [-0.25, -0.2) is 29.9 Å². The van der Waals surface area contributed by atoms with Crippen molar-refractivity contribution >= 4 is 95.0 Å². The lowest BCUT2D eigenvalue weighted by molar-refractivity contribution is -0.119. The molecule has 22 nitrogen and oxygen atoms in total. The predicted octanol–water partition coefficient (Wildman–Crippen LogP) is 7.88. The number of benzene rings is 3. The Morgan fingerprint density at radius 3 is 1.22 bits per heavy atom. The minimum atomic E-state index is -0.0433.